The quantitative estimate of drug-likeness (QED) is 0.312. The lowest BCUT2D eigenvalue weighted by atomic mass is 10.1. The summed E-state index contributed by atoms with van der Waals surface area (Å²) in [6, 6.07) is 7.87. The van der Waals surface area contributed by atoms with Crippen LogP contribution in [0.3, 0.4) is 0 Å². The summed E-state index contributed by atoms with van der Waals surface area (Å²) in [5.41, 5.74) is 1.90. The van der Waals surface area contributed by atoms with E-state index in [1.807, 2.05) is 38.1 Å². The molecule has 0 saturated carbocycles. The lowest BCUT2D eigenvalue weighted by Crippen LogP contribution is -2.39. The van der Waals surface area contributed by atoms with E-state index in [-0.39, 0.29) is 35.8 Å². The van der Waals surface area contributed by atoms with Crippen LogP contribution in [-0.2, 0) is 11.3 Å². The zero-order valence-corrected chi connectivity index (χ0v) is 18.4. The smallest absolute Gasteiger partial charge is 0.227 e. The number of anilines is 1. The Labute approximate surface area is 169 Å². The SMILES string of the molecule is CCNC(=NCc1cccc(NC(=O)C(C)CC)c1)NCC(C)C.I. The fourth-order valence-electron chi connectivity index (χ4n) is 2.01. The van der Waals surface area contributed by atoms with Crippen molar-refractivity contribution in [1.29, 1.82) is 0 Å². The molecule has 1 rings (SSSR count). The molecule has 25 heavy (non-hydrogen) atoms. The number of hydrogen-bond donors (Lipinski definition) is 3. The van der Waals surface area contributed by atoms with Crippen molar-refractivity contribution in [3.05, 3.63) is 29.8 Å². The Morgan fingerprint density at radius 3 is 2.48 bits per heavy atom. The Kier molecular flexibility index (Phi) is 12.3. The van der Waals surface area contributed by atoms with Crippen LogP contribution in [0.25, 0.3) is 0 Å². The predicted octanol–water partition coefficient (Wildman–Crippen LogP) is 4.00. The molecule has 0 aliphatic rings. The van der Waals surface area contributed by atoms with Gasteiger partial charge in [0.15, 0.2) is 5.96 Å². The van der Waals surface area contributed by atoms with Gasteiger partial charge < -0.3 is 16.0 Å². The van der Waals surface area contributed by atoms with Gasteiger partial charge in [-0.05, 0) is 37.0 Å². The Balaban J connectivity index is 0.00000576. The number of halogens is 1. The molecular formula is C19H33IN4O. The maximum Gasteiger partial charge on any atom is 0.227 e. The van der Waals surface area contributed by atoms with Crippen LogP contribution >= 0.6 is 24.0 Å². The summed E-state index contributed by atoms with van der Waals surface area (Å²) in [6.45, 7) is 12.6. The minimum atomic E-state index is 0. The van der Waals surface area contributed by atoms with Crippen molar-refractivity contribution in [2.45, 2.75) is 47.6 Å². The largest absolute Gasteiger partial charge is 0.357 e. The van der Waals surface area contributed by atoms with E-state index in [2.05, 4.69) is 41.7 Å². The lowest BCUT2D eigenvalue weighted by molar-refractivity contribution is -0.119. The number of rotatable bonds is 8. The van der Waals surface area contributed by atoms with E-state index >= 15 is 0 Å². The zero-order chi connectivity index (χ0) is 17.9. The maximum atomic E-state index is 12.0. The molecule has 0 radical (unpaired) electrons. The van der Waals surface area contributed by atoms with Gasteiger partial charge in [0.25, 0.3) is 0 Å². The van der Waals surface area contributed by atoms with Crippen molar-refractivity contribution in [3.63, 3.8) is 0 Å². The Morgan fingerprint density at radius 2 is 1.88 bits per heavy atom. The average Bonchev–Trinajstić information content (AvgIpc) is 2.56. The molecule has 0 bridgehead atoms. The van der Waals surface area contributed by atoms with E-state index in [9.17, 15) is 4.79 Å². The minimum Gasteiger partial charge on any atom is -0.357 e. The van der Waals surface area contributed by atoms with E-state index in [4.69, 9.17) is 0 Å². The number of carbonyl (C=O) groups excluding carboxylic acids is 1. The Morgan fingerprint density at radius 1 is 1.16 bits per heavy atom. The second-order valence-electron chi connectivity index (χ2n) is 6.47. The molecule has 1 aromatic rings. The first-order valence-electron chi connectivity index (χ1n) is 8.88. The number of hydrogen-bond acceptors (Lipinski definition) is 2. The van der Waals surface area contributed by atoms with E-state index in [1.165, 1.54) is 0 Å². The van der Waals surface area contributed by atoms with Crippen molar-refractivity contribution in [1.82, 2.24) is 10.6 Å². The fourth-order valence-corrected chi connectivity index (χ4v) is 2.01. The Bertz CT molecular complexity index is 546. The molecule has 0 aliphatic carbocycles. The molecule has 0 fully saturated rings. The third-order valence-electron chi connectivity index (χ3n) is 3.70. The first kappa shape index (κ1) is 23.7. The summed E-state index contributed by atoms with van der Waals surface area (Å²) >= 11 is 0. The monoisotopic (exact) mass is 460 g/mol. The summed E-state index contributed by atoms with van der Waals surface area (Å²) in [6.07, 6.45) is 0.837. The van der Waals surface area contributed by atoms with Gasteiger partial charge in [-0.1, -0.05) is 39.8 Å². The number of nitrogens with one attached hydrogen (secondary N) is 3. The molecule has 1 atom stereocenters. The van der Waals surface area contributed by atoms with Gasteiger partial charge in [-0.15, -0.1) is 24.0 Å². The standard InChI is InChI=1S/C19H32N4O.HI/c1-6-15(5)18(24)23-17-10-8-9-16(11-17)13-22-19(20-7-2)21-12-14(3)4;/h8-11,14-15H,6-7,12-13H2,1-5H3,(H,23,24)(H2,20,21,22);1H. The molecule has 0 spiro atoms. The van der Waals surface area contributed by atoms with Crippen molar-refractivity contribution in [3.8, 4) is 0 Å². The van der Waals surface area contributed by atoms with Gasteiger partial charge in [-0.25, -0.2) is 4.99 Å². The first-order valence-corrected chi connectivity index (χ1v) is 8.88. The maximum absolute atomic E-state index is 12.0. The summed E-state index contributed by atoms with van der Waals surface area (Å²) in [4.78, 5) is 16.6. The third-order valence-corrected chi connectivity index (χ3v) is 3.70. The summed E-state index contributed by atoms with van der Waals surface area (Å²) in [5.74, 6) is 1.46. The number of nitrogens with zero attached hydrogens (tertiary/aromatic N) is 1. The topological polar surface area (TPSA) is 65.5 Å². The predicted molar refractivity (Wildman–Crippen MR) is 118 cm³/mol. The van der Waals surface area contributed by atoms with E-state index < -0.39 is 0 Å². The van der Waals surface area contributed by atoms with Crippen molar-refractivity contribution >= 4 is 41.5 Å². The molecule has 1 unspecified atom stereocenters. The summed E-state index contributed by atoms with van der Waals surface area (Å²) in [7, 11) is 0. The summed E-state index contributed by atoms with van der Waals surface area (Å²) in [5, 5.41) is 9.54. The summed E-state index contributed by atoms with van der Waals surface area (Å²) < 4.78 is 0. The van der Waals surface area contributed by atoms with E-state index in [0.29, 0.717) is 12.5 Å². The normalized spacial score (nSPS) is 12.3. The van der Waals surface area contributed by atoms with Crippen LogP contribution in [0.15, 0.2) is 29.3 Å². The van der Waals surface area contributed by atoms with Crippen molar-refractivity contribution < 1.29 is 4.79 Å². The highest BCUT2D eigenvalue weighted by Gasteiger charge is 2.10. The second-order valence-corrected chi connectivity index (χ2v) is 6.47. The molecule has 142 valence electrons. The van der Waals surface area contributed by atoms with Crippen LogP contribution in [0, 0.1) is 11.8 Å². The molecular weight excluding hydrogens is 427 g/mol. The highest BCUT2D eigenvalue weighted by Crippen LogP contribution is 2.13. The van der Waals surface area contributed by atoms with Gasteiger partial charge in [0, 0.05) is 24.7 Å². The minimum absolute atomic E-state index is 0. The molecule has 1 aromatic carbocycles. The fraction of sp³-hybridized carbons (Fsp3) is 0.579. The van der Waals surface area contributed by atoms with Crippen LogP contribution < -0.4 is 16.0 Å². The highest BCUT2D eigenvalue weighted by molar-refractivity contribution is 14.0. The molecule has 3 N–H and O–H groups in total. The van der Waals surface area contributed by atoms with Gasteiger partial charge in [-0.2, -0.15) is 0 Å². The first-order chi connectivity index (χ1) is 11.5. The molecule has 0 aliphatic heterocycles. The number of guanidine groups is 1. The molecule has 0 aromatic heterocycles. The molecule has 5 nitrogen and oxygen atoms in total. The second kappa shape index (κ2) is 13.0. The van der Waals surface area contributed by atoms with E-state index in [0.717, 1.165) is 36.7 Å². The van der Waals surface area contributed by atoms with Gasteiger partial charge in [0.2, 0.25) is 5.91 Å². The molecule has 0 heterocycles. The molecule has 0 saturated heterocycles. The highest BCUT2D eigenvalue weighted by atomic mass is 127. The van der Waals surface area contributed by atoms with Gasteiger partial charge >= 0.3 is 0 Å². The third kappa shape index (κ3) is 9.67. The van der Waals surface area contributed by atoms with Crippen molar-refractivity contribution in [2.24, 2.45) is 16.8 Å². The van der Waals surface area contributed by atoms with Gasteiger partial charge in [0.05, 0.1) is 6.54 Å². The molecule has 1 amide bonds. The molecule has 6 heteroatoms. The number of aliphatic imine (C=N–C) groups is 1. The van der Waals surface area contributed by atoms with Crippen LogP contribution in [0.5, 0.6) is 0 Å². The van der Waals surface area contributed by atoms with Gasteiger partial charge in [-0.3, -0.25) is 4.79 Å². The van der Waals surface area contributed by atoms with Crippen LogP contribution in [-0.4, -0.2) is 25.0 Å². The lowest BCUT2D eigenvalue weighted by Gasteiger charge is -2.13. The van der Waals surface area contributed by atoms with Crippen molar-refractivity contribution in [2.75, 3.05) is 18.4 Å². The van der Waals surface area contributed by atoms with Crippen LogP contribution in [0.4, 0.5) is 5.69 Å². The average molecular weight is 460 g/mol. The number of benzene rings is 1. The Hall–Kier alpha value is -1.31. The van der Waals surface area contributed by atoms with Crippen LogP contribution in [0.2, 0.25) is 0 Å². The number of carbonyl (C=O) groups is 1. The zero-order valence-electron chi connectivity index (χ0n) is 16.1. The number of amides is 1. The van der Waals surface area contributed by atoms with Crippen LogP contribution in [0.1, 0.15) is 46.6 Å². The van der Waals surface area contributed by atoms with Gasteiger partial charge in [0.1, 0.15) is 0 Å². The van der Waals surface area contributed by atoms with E-state index in [1.54, 1.807) is 0 Å².